The van der Waals surface area contributed by atoms with E-state index in [0.29, 0.717) is 16.8 Å². The molecule has 2 aromatic rings. The topological polar surface area (TPSA) is 50.7 Å². The van der Waals surface area contributed by atoms with Gasteiger partial charge < -0.3 is 5.32 Å². The number of hydrogen-bond acceptors (Lipinski definition) is 4. The van der Waals surface area contributed by atoms with Crippen molar-refractivity contribution in [1.29, 1.82) is 0 Å². The number of nitrogens with one attached hydrogen (secondary N) is 1. The fourth-order valence-electron chi connectivity index (χ4n) is 1.37. The Balaban J connectivity index is 2.30. The summed E-state index contributed by atoms with van der Waals surface area (Å²) in [5, 5.41) is 3.54. The minimum absolute atomic E-state index is 0.512. The van der Waals surface area contributed by atoms with E-state index in [0.717, 1.165) is 11.4 Å². The maximum atomic E-state index is 5.97. The summed E-state index contributed by atoms with van der Waals surface area (Å²) < 4.78 is 0. The van der Waals surface area contributed by atoms with Crippen LogP contribution in [0.3, 0.4) is 0 Å². The van der Waals surface area contributed by atoms with E-state index in [1.54, 1.807) is 18.3 Å². The van der Waals surface area contributed by atoms with E-state index < -0.39 is 0 Å². The lowest BCUT2D eigenvalue weighted by molar-refractivity contribution is 1.05. The van der Waals surface area contributed by atoms with Gasteiger partial charge in [0.05, 0.1) is 5.02 Å². The van der Waals surface area contributed by atoms with Gasteiger partial charge in [0.1, 0.15) is 0 Å². The zero-order valence-electron chi connectivity index (χ0n) is 9.03. The Labute approximate surface area is 98.7 Å². The predicted octanol–water partition coefficient (Wildman–Crippen LogP) is 2.89. The summed E-state index contributed by atoms with van der Waals surface area (Å²) in [6, 6.07) is 5.45. The molecule has 2 heterocycles. The Hall–Kier alpha value is -1.68. The highest BCUT2D eigenvalue weighted by Crippen LogP contribution is 2.20. The van der Waals surface area contributed by atoms with Gasteiger partial charge in [0, 0.05) is 17.6 Å². The van der Waals surface area contributed by atoms with E-state index in [1.807, 2.05) is 19.9 Å². The van der Waals surface area contributed by atoms with Crippen LogP contribution in [0.5, 0.6) is 0 Å². The first-order valence-electron chi connectivity index (χ1n) is 4.85. The van der Waals surface area contributed by atoms with Gasteiger partial charge in [-0.25, -0.2) is 15.0 Å². The number of hydrogen-bond donors (Lipinski definition) is 1. The van der Waals surface area contributed by atoms with Gasteiger partial charge in [-0.05, 0) is 32.0 Å². The summed E-state index contributed by atoms with van der Waals surface area (Å²) in [5.41, 5.74) is 1.81. The van der Waals surface area contributed by atoms with Crippen molar-refractivity contribution in [3.8, 4) is 0 Å². The number of pyridine rings is 1. The molecule has 0 aliphatic rings. The first kappa shape index (κ1) is 10.8. The van der Waals surface area contributed by atoms with Gasteiger partial charge in [-0.15, -0.1) is 0 Å². The Morgan fingerprint density at radius 3 is 2.50 bits per heavy atom. The van der Waals surface area contributed by atoms with Crippen LogP contribution in [0.4, 0.5) is 11.8 Å². The van der Waals surface area contributed by atoms with Crippen LogP contribution >= 0.6 is 11.6 Å². The first-order valence-corrected chi connectivity index (χ1v) is 5.23. The molecule has 2 rings (SSSR count). The summed E-state index contributed by atoms with van der Waals surface area (Å²) in [6.45, 7) is 3.83. The number of anilines is 2. The Morgan fingerprint density at radius 1 is 1.19 bits per heavy atom. The highest BCUT2D eigenvalue weighted by Gasteiger charge is 2.04. The Bertz CT molecular complexity index is 493. The minimum Gasteiger partial charge on any atom is -0.308 e. The van der Waals surface area contributed by atoms with Gasteiger partial charge >= 0.3 is 0 Å². The Kier molecular flexibility index (Phi) is 3.01. The fourth-order valence-corrected chi connectivity index (χ4v) is 1.53. The first-order chi connectivity index (χ1) is 7.65. The summed E-state index contributed by atoms with van der Waals surface area (Å²) in [7, 11) is 0. The smallest absolute Gasteiger partial charge is 0.228 e. The van der Waals surface area contributed by atoms with Gasteiger partial charge in [-0.3, -0.25) is 0 Å². The van der Waals surface area contributed by atoms with Gasteiger partial charge in [-0.2, -0.15) is 0 Å². The lowest BCUT2D eigenvalue weighted by atomic mass is 10.3. The van der Waals surface area contributed by atoms with Crippen LogP contribution in [0, 0.1) is 13.8 Å². The molecule has 16 heavy (non-hydrogen) atoms. The van der Waals surface area contributed by atoms with Crippen LogP contribution in [0.1, 0.15) is 11.4 Å². The van der Waals surface area contributed by atoms with Gasteiger partial charge in [0.25, 0.3) is 0 Å². The number of rotatable bonds is 2. The van der Waals surface area contributed by atoms with Crippen molar-refractivity contribution < 1.29 is 0 Å². The monoisotopic (exact) mass is 234 g/mol. The summed E-state index contributed by atoms with van der Waals surface area (Å²) in [4.78, 5) is 12.6. The highest BCUT2D eigenvalue weighted by molar-refractivity contribution is 6.32. The van der Waals surface area contributed by atoms with Crippen LogP contribution in [0.15, 0.2) is 24.4 Å². The number of nitrogens with zero attached hydrogens (tertiary/aromatic N) is 3. The molecule has 0 amide bonds. The van der Waals surface area contributed by atoms with Crippen molar-refractivity contribution in [2.75, 3.05) is 5.32 Å². The second kappa shape index (κ2) is 4.45. The van der Waals surface area contributed by atoms with Crippen LogP contribution < -0.4 is 5.32 Å². The van der Waals surface area contributed by atoms with Crippen LogP contribution in [0.25, 0.3) is 0 Å². The van der Waals surface area contributed by atoms with Gasteiger partial charge in [0.2, 0.25) is 5.95 Å². The molecule has 0 saturated carbocycles. The molecule has 0 atom stereocenters. The molecule has 0 spiro atoms. The second-order valence-corrected chi connectivity index (χ2v) is 3.84. The van der Waals surface area contributed by atoms with Crippen molar-refractivity contribution in [2.45, 2.75) is 13.8 Å². The van der Waals surface area contributed by atoms with Crippen molar-refractivity contribution in [3.05, 3.63) is 40.8 Å². The average Bonchev–Trinajstić information content (AvgIpc) is 2.20. The maximum Gasteiger partial charge on any atom is 0.228 e. The SMILES string of the molecule is Cc1cc(C)nc(Nc2ncccc2Cl)n1. The fraction of sp³-hybridized carbons (Fsp3) is 0.182. The standard InChI is InChI=1S/C11H11ClN4/c1-7-6-8(2)15-11(14-7)16-10-9(12)4-3-5-13-10/h3-6H,1-2H3,(H,13,14,15,16). The van der Waals surface area contributed by atoms with Crippen LogP contribution in [0.2, 0.25) is 5.02 Å². The molecule has 0 fully saturated rings. The molecule has 0 aromatic carbocycles. The van der Waals surface area contributed by atoms with E-state index in [9.17, 15) is 0 Å². The molecular weight excluding hydrogens is 224 g/mol. The average molecular weight is 235 g/mol. The molecule has 0 bridgehead atoms. The minimum atomic E-state index is 0.512. The van der Waals surface area contributed by atoms with Crippen molar-refractivity contribution in [2.24, 2.45) is 0 Å². The molecule has 5 heteroatoms. The van der Waals surface area contributed by atoms with Crippen LogP contribution in [-0.2, 0) is 0 Å². The third-order valence-electron chi connectivity index (χ3n) is 1.97. The largest absolute Gasteiger partial charge is 0.308 e. The molecule has 0 aliphatic heterocycles. The molecule has 0 radical (unpaired) electrons. The summed E-state index contributed by atoms with van der Waals surface area (Å²) >= 11 is 5.97. The van der Waals surface area contributed by atoms with E-state index in [1.165, 1.54) is 0 Å². The van der Waals surface area contributed by atoms with Gasteiger partial charge in [0.15, 0.2) is 5.82 Å². The molecular formula is C11H11ClN4. The molecule has 1 N–H and O–H groups in total. The summed E-state index contributed by atoms with van der Waals surface area (Å²) in [5.74, 6) is 1.08. The van der Waals surface area contributed by atoms with E-state index in [2.05, 4.69) is 20.3 Å². The molecule has 4 nitrogen and oxygen atoms in total. The molecule has 0 unspecified atom stereocenters. The zero-order valence-corrected chi connectivity index (χ0v) is 9.78. The van der Waals surface area contributed by atoms with Crippen molar-refractivity contribution in [1.82, 2.24) is 15.0 Å². The van der Waals surface area contributed by atoms with Crippen molar-refractivity contribution in [3.63, 3.8) is 0 Å². The summed E-state index contributed by atoms with van der Waals surface area (Å²) in [6.07, 6.45) is 1.66. The lowest BCUT2D eigenvalue weighted by Crippen LogP contribution is -2.01. The third kappa shape index (κ3) is 2.46. The zero-order chi connectivity index (χ0) is 11.5. The van der Waals surface area contributed by atoms with Gasteiger partial charge in [-0.1, -0.05) is 11.6 Å². The van der Waals surface area contributed by atoms with E-state index in [-0.39, 0.29) is 0 Å². The molecule has 2 aromatic heterocycles. The normalized spacial score (nSPS) is 10.2. The van der Waals surface area contributed by atoms with E-state index in [4.69, 9.17) is 11.6 Å². The quantitative estimate of drug-likeness (QED) is 0.868. The molecule has 0 aliphatic carbocycles. The number of aromatic nitrogens is 3. The predicted molar refractivity (Wildman–Crippen MR) is 64.0 cm³/mol. The molecule has 0 saturated heterocycles. The highest BCUT2D eigenvalue weighted by atomic mass is 35.5. The van der Waals surface area contributed by atoms with E-state index >= 15 is 0 Å². The third-order valence-corrected chi connectivity index (χ3v) is 2.28. The maximum absolute atomic E-state index is 5.97. The number of aryl methyl sites for hydroxylation is 2. The number of halogens is 1. The lowest BCUT2D eigenvalue weighted by Gasteiger charge is -2.06. The molecule has 82 valence electrons. The van der Waals surface area contributed by atoms with Crippen LogP contribution in [-0.4, -0.2) is 15.0 Å². The Morgan fingerprint density at radius 2 is 1.88 bits per heavy atom. The second-order valence-electron chi connectivity index (χ2n) is 3.43. The van der Waals surface area contributed by atoms with Crippen molar-refractivity contribution >= 4 is 23.4 Å².